The van der Waals surface area contributed by atoms with Gasteiger partial charge in [0.05, 0.1) is 10.9 Å². The second-order valence-electron chi connectivity index (χ2n) is 9.21. The molecule has 1 aliphatic heterocycles. The monoisotopic (exact) mass is 492 g/mol. The van der Waals surface area contributed by atoms with Crippen LogP contribution in [-0.4, -0.2) is 19.9 Å². The third-order valence-corrected chi connectivity index (χ3v) is 8.36. The predicted molar refractivity (Wildman–Crippen MR) is 138 cm³/mol. The molecule has 0 unspecified atom stereocenters. The van der Waals surface area contributed by atoms with Gasteiger partial charge in [-0.15, -0.1) is 0 Å². The van der Waals surface area contributed by atoms with Crippen LogP contribution in [0, 0.1) is 13.8 Å². The van der Waals surface area contributed by atoms with Crippen LogP contribution in [0.3, 0.4) is 0 Å². The predicted octanol–water partition coefficient (Wildman–Crippen LogP) is 5.92. The average Bonchev–Trinajstić information content (AvgIpc) is 2.85. The van der Waals surface area contributed by atoms with Crippen molar-refractivity contribution < 1.29 is 17.9 Å². The number of amides is 1. The molecule has 0 aliphatic carbocycles. The van der Waals surface area contributed by atoms with Crippen molar-refractivity contribution in [2.24, 2.45) is 0 Å². The highest BCUT2D eigenvalue weighted by atomic mass is 32.2. The lowest BCUT2D eigenvalue weighted by Gasteiger charge is -2.41. The van der Waals surface area contributed by atoms with Gasteiger partial charge < -0.3 is 10.1 Å². The first kappa shape index (κ1) is 24.8. The molecule has 3 aromatic rings. The van der Waals surface area contributed by atoms with Crippen LogP contribution < -0.4 is 14.8 Å². The zero-order valence-corrected chi connectivity index (χ0v) is 21.4. The van der Waals surface area contributed by atoms with Crippen molar-refractivity contribution in [2.75, 3.05) is 4.72 Å². The molecule has 0 saturated carbocycles. The van der Waals surface area contributed by atoms with E-state index in [0.29, 0.717) is 23.2 Å². The number of ether oxygens (including phenoxy) is 1. The summed E-state index contributed by atoms with van der Waals surface area (Å²) >= 11 is 0. The van der Waals surface area contributed by atoms with Crippen LogP contribution >= 0.6 is 0 Å². The lowest BCUT2D eigenvalue weighted by molar-refractivity contribution is 0.0227. The van der Waals surface area contributed by atoms with E-state index in [1.165, 1.54) is 6.07 Å². The van der Waals surface area contributed by atoms with Crippen molar-refractivity contribution in [1.82, 2.24) is 5.32 Å². The van der Waals surface area contributed by atoms with Crippen molar-refractivity contribution >= 4 is 21.6 Å². The number of hydrogen-bond donors (Lipinski definition) is 2. The zero-order chi connectivity index (χ0) is 25.2. The van der Waals surface area contributed by atoms with E-state index in [9.17, 15) is 13.2 Å². The van der Waals surface area contributed by atoms with Gasteiger partial charge in [0.15, 0.2) is 0 Å². The maximum Gasteiger partial charge on any atom is 0.262 e. The van der Waals surface area contributed by atoms with Crippen LogP contribution in [0.4, 0.5) is 5.69 Å². The Bertz CT molecular complexity index is 1330. The molecule has 2 N–H and O–H groups in total. The molecule has 1 heterocycles. The Morgan fingerprint density at radius 3 is 2.37 bits per heavy atom. The Balaban J connectivity index is 1.61. The second-order valence-corrected chi connectivity index (χ2v) is 10.9. The smallest absolute Gasteiger partial charge is 0.262 e. The Morgan fingerprint density at radius 1 is 1.00 bits per heavy atom. The van der Waals surface area contributed by atoms with Crippen molar-refractivity contribution in [3.05, 3.63) is 89.0 Å². The summed E-state index contributed by atoms with van der Waals surface area (Å²) in [7, 11) is -3.87. The van der Waals surface area contributed by atoms with Gasteiger partial charge in [0, 0.05) is 23.2 Å². The minimum Gasteiger partial charge on any atom is -0.487 e. The van der Waals surface area contributed by atoms with E-state index in [2.05, 4.69) is 23.9 Å². The molecule has 0 fully saturated rings. The molecule has 4 rings (SSSR count). The number of carbonyl (C=O) groups excluding carboxylic acids is 1. The minimum atomic E-state index is -3.87. The van der Waals surface area contributed by atoms with Gasteiger partial charge in [0.2, 0.25) is 0 Å². The average molecular weight is 493 g/mol. The Labute approximate surface area is 207 Å². The van der Waals surface area contributed by atoms with Gasteiger partial charge >= 0.3 is 0 Å². The van der Waals surface area contributed by atoms with Gasteiger partial charge in [-0.25, -0.2) is 8.42 Å². The highest BCUT2D eigenvalue weighted by molar-refractivity contribution is 7.92. The summed E-state index contributed by atoms with van der Waals surface area (Å²) in [5.41, 5.74) is 2.94. The molecule has 3 aromatic carbocycles. The Hall–Kier alpha value is -3.32. The molecular formula is C28H32N2O4S. The van der Waals surface area contributed by atoms with Gasteiger partial charge in [0.25, 0.3) is 15.9 Å². The highest BCUT2D eigenvalue weighted by Crippen LogP contribution is 2.42. The molecule has 0 radical (unpaired) electrons. The summed E-state index contributed by atoms with van der Waals surface area (Å²) in [5, 5.41) is 3.13. The number of benzene rings is 3. The number of sulfonamides is 1. The normalized spacial score (nSPS) is 16.6. The fourth-order valence-corrected chi connectivity index (χ4v) is 5.86. The zero-order valence-electron chi connectivity index (χ0n) is 20.6. The summed E-state index contributed by atoms with van der Waals surface area (Å²) in [6.07, 6.45) is 2.29. The van der Waals surface area contributed by atoms with E-state index >= 15 is 0 Å². The lowest BCUT2D eigenvalue weighted by atomic mass is 9.83. The number of nitrogens with one attached hydrogen (secondary N) is 2. The van der Waals surface area contributed by atoms with Gasteiger partial charge in [-0.05, 0) is 62.6 Å². The van der Waals surface area contributed by atoms with Crippen LogP contribution in [0.25, 0.3) is 0 Å². The van der Waals surface area contributed by atoms with Crippen LogP contribution in [0.15, 0.2) is 71.6 Å². The number of anilines is 1. The third kappa shape index (κ3) is 5.20. The quantitative estimate of drug-likeness (QED) is 0.429. The standard InChI is InChI=1S/C28H32N2O4S/c1-5-28(6-2)18-24(23-9-7-8-10-25(23)34-28)29-27(31)21-14-13-20(4)26(17-21)35(32,33)30-22-15-11-19(3)12-16-22/h7-17,24,30H,5-6,18H2,1-4H3,(H,29,31)/t24-/m1/s1. The molecular weight excluding hydrogens is 460 g/mol. The molecule has 0 saturated heterocycles. The van der Waals surface area contributed by atoms with Gasteiger partial charge in [0.1, 0.15) is 11.4 Å². The van der Waals surface area contributed by atoms with Gasteiger partial charge in [-0.1, -0.05) is 55.8 Å². The molecule has 1 amide bonds. The first-order valence-corrected chi connectivity index (χ1v) is 13.4. The first-order chi connectivity index (χ1) is 16.7. The van der Waals surface area contributed by atoms with Gasteiger partial charge in [-0.3, -0.25) is 9.52 Å². The van der Waals surface area contributed by atoms with Crippen LogP contribution in [-0.2, 0) is 10.0 Å². The number of para-hydroxylation sites is 1. The van der Waals surface area contributed by atoms with Crippen molar-refractivity contribution in [3.63, 3.8) is 0 Å². The van der Waals surface area contributed by atoms with Crippen molar-refractivity contribution in [1.29, 1.82) is 0 Å². The number of hydrogen-bond acceptors (Lipinski definition) is 4. The topological polar surface area (TPSA) is 84.5 Å². The van der Waals surface area contributed by atoms with E-state index in [0.717, 1.165) is 29.7 Å². The Kier molecular flexibility index (Phi) is 6.90. The molecule has 0 spiro atoms. The maximum atomic E-state index is 13.3. The van der Waals surface area contributed by atoms with E-state index in [1.54, 1.807) is 31.2 Å². The van der Waals surface area contributed by atoms with Crippen molar-refractivity contribution in [2.45, 2.75) is 63.5 Å². The fraction of sp³-hybridized carbons (Fsp3) is 0.321. The summed E-state index contributed by atoms with van der Waals surface area (Å²) in [4.78, 5) is 13.4. The summed E-state index contributed by atoms with van der Waals surface area (Å²) < 4.78 is 35.2. The lowest BCUT2D eigenvalue weighted by Crippen LogP contribution is -2.44. The molecule has 0 bridgehead atoms. The van der Waals surface area contributed by atoms with Crippen LogP contribution in [0.2, 0.25) is 0 Å². The highest BCUT2D eigenvalue weighted by Gasteiger charge is 2.39. The molecule has 0 aromatic heterocycles. The Morgan fingerprint density at radius 2 is 1.69 bits per heavy atom. The number of rotatable bonds is 7. The molecule has 6 nitrogen and oxygen atoms in total. The summed E-state index contributed by atoms with van der Waals surface area (Å²) in [5.74, 6) is 0.460. The number of fused-ring (bicyclic) bond motifs is 1. The maximum absolute atomic E-state index is 13.3. The largest absolute Gasteiger partial charge is 0.487 e. The molecule has 7 heteroatoms. The summed E-state index contributed by atoms with van der Waals surface area (Å²) in [6.45, 7) is 7.84. The molecule has 1 aliphatic rings. The number of aryl methyl sites for hydroxylation is 2. The molecule has 35 heavy (non-hydrogen) atoms. The van der Waals surface area contributed by atoms with Gasteiger partial charge in [-0.2, -0.15) is 0 Å². The van der Waals surface area contributed by atoms with E-state index in [-0.39, 0.29) is 22.4 Å². The second kappa shape index (κ2) is 9.74. The SMILES string of the molecule is CCC1(CC)C[C@@H](NC(=O)c2ccc(C)c(S(=O)(=O)Nc3ccc(C)cc3)c2)c2ccccc2O1. The van der Waals surface area contributed by atoms with Crippen LogP contribution in [0.5, 0.6) is 5.75 Å². The van der Waals surface area contributed by atoms with E-state index < -0.39 is 10.0 Å². The van der Waals surface area contributed by atoms with E-state index in [1.807, 2.05) is 43.3 Å². The first-order valence-electron chi connectivity index (χ1n) is 12.0. The minimum absolute atomic E-state index is 0.0783. The van der Waals surface area contributed by atoms with Crippen LogP contribution in [0.1, 0.15) is 66.2 Å². The summed E-state index contributed by atoms with van der Waals surface area (Å²) in [6, 6.07) is 19.4. The molecule has 184 valence electrons. The fourth-order valence-electron chi connectivity index (χ4n) is 4.53. The third-order valence-electron chi connectivity index (χ3n) is 6.83. The molecule has 1 atom stereocenters. The van der Waals surface area contributed by atoms with Crippen molar-refractivity contribution in [3.8, 4) is 5.75 Å². The number of carbonyl (C=O) groups is 1. The van der Waals surface area contributed by atoms with E-state index in [4.69, 9.17) is 4.74 Å².